The molecule has 1 aromatic rings. The van der Waals surface area contributed by atoms with Crippen LogP contribution in [0.4, 0.5) is 0 Å². The smallest absolute Gasteiger partial charge is 0.179 e. The summed E-state index contributed by atoms with van der Waals surface area (Å²) in [5.74, 6) is 1.23. The summed E-state index contributed by atoms with van der Waals surface area (Å²) in [6.45, 7) is 7.30. The van der Waals surface area contributed by atoms with E-state index in [9.17, 15) is 0 Å². The lowest BCUT2D eigenvalue weighted by molar-refractivity contribution is 0.355. The first-order chi connectivity index (χ1) is 9.51. The van der Waals surface area contributed by atoms with Gasteiger partial charge in [-0.2, -0.15) is 0 Å². The maximum absolute atomic E-state index is 6.22. The second-order valence-corrected chi connectivity index (χ2v) is 5.34. The molecule has 0 bridgehead atoms. The lowest BCUT2D eigenvalue weighted by Gasteiger charge is -2.12. The molecule has 1 rings (SSSR count). The third-order valence-corrected chi connectivity index (χ3v) is 3.30. The summed E-state index contributed by atoms with van der Waals surface area (Å²) >= 11 is 6.22. The van der Waals surface area contributed by atoms with E-state index >= 15 is 0 Å². The first-order valence-corrected chi connectivity index (χ1v) is 7.23. The third-order valence-electron chi connectivity index (χ3n) is 3.02. The summed E-state index contributed by atoms with van der Waals surface area (Å²) in [5.41, 5.74) is 2.34. The molecule has 0 spiro atoms. The average molecular weight is 298 g/mol. The van der Waals surface area contributed by atoms with E-state index < -0.39 is 0 Å². The summed E-state index contributed by atoms with van der Waals surface area (Å²) in [6, 6.07) is 4.31. The van der Waals surface area contributed by atoms with Crippen LogP contribution in [0.2, 0.25) is 5.02 Å². The van der Waals surface area contributed by atoms with E-state index in [1.807, 2.05) is 12.1 Å². The predicted octanol–water partition coefficient (Wildman–Crippen LogP) is 4.15. The van der Waals surface area contributed by atoms with Crippen LogP contribution in [-0.2, 0) is 0 Å². The molecule has 1 N–H and O–H groups in total. The topological polar surface area (TPSA) is 30.5 Å². The van der Waals surface area contributed by atoms with Crippen LogP contribution in [-0.4, -0.2) is 26.8 Å². The van der Waals surface area contributed by atoms with E-state index in [4.69, 9.17) is 21.1 Å². The van der Waals surface area contributed by atoms with Gasteiger partial charge in [-0.15, -0.1) is 0 Å². The third kappa shape index (κ3) is 4.73. The highest BCUT2D eigenvalue weighted by Gasteiger charge is 2.10. The van der Waals surface area contributed by atoms with Crippen molar-refractivity contribution < 1.29 is 9.47 Å². The SMILES string of the molecule is CCC(=Cc1cc(Cl)c(OC)c(OC)c1)CNC(C)C. The van der Waals surface area contributed by atoms with Crippen LogP contribution >= 0.6 is 11.6 Å². The standard InChI is InChI=1S/C16H24ClNO2/c1-6-12(10-18-11(2)3)7-13-8-14(17)16(20-5)15(9-13)19-4/h7-9,11,18H,6,10H2,1-5H3. The molecule has 0 saturated heterocycles. The van der Waals surface area contributed by atoms with E-state index in [0.717, 1.165) is 18.5 Å². The molecular formula is C16H24ClNO2. The van der Waals surface area contributed by atoms with Crippen molar-refractivity contribution in [2.24, 2.45) is 0 Å². The van der Waals surface area contributed by atoms with Gasteiger partial charge in [0.1, 0.15) is 0 Å². The monoisotopic (exact) mass is 297 g/mol. The zero-order valence-corrected chi connectivity index (χ0v) is 13.7. The molecule has 0 aliphatic rings. The highest BCUT2D eigenvalue weighted by molar-refractivity contribution is 6.32. The second-order valence-electron chi connectivity index (χ2n) is 4.93. The fraction of sp³-hybridized carbons (Fsp3) is 0.500. The highest BCUT2D eigenvalue weighted by atomic mass is 35.5. The maximum atomic E-state index is 6.22. The predicted molar refractivity (Wildman–Crippen MR) is 86.0 cm³/mol. The Morgan fingerprint density at radius 3 is 2.50 bits per heavy atom. The minimum atomic E-state index is 0.471. The quantitative estimate of drug-likeness (QED) is 0.820. The fourth-order valence-electron chi connectivity index (χ4n) is 1.87. The lowest BCUT2D eigenvalue weighted by Crippen LogP contribution is -2.24. The highest BCUT2D eigenvalue weighted by Crippen LogP contribution is 2.36. The van der Waals surface area contributed by atoms with Crippen molar-refractivity contribution in [3.8, 4) is 11.5 Å². The Hall–Kier alpha value is -1.19. The van der Waals surface area contributed by atoms with Crippen LogP contribution in [0.15, 0.2) is 17.7 Å². The number of rotatable bonds is 7. The van der Waals surface area contributed by atoms with Gasteiger partial charge < -0.3 is 14.8 Å². The van der Waals surface area contributed by atoms with Crippen LogP contribution in [0.3, 0.4) is 0 Å². The van der Waals surface area contributed by atoms with Crippen molar-refractivity contribution in [1.82, 2.24) is 5.32 Å². The first kappa shape index (κ1) is 16.9. The Morgan fingerprint density at radius 2 is 2.00 bits per heavy atom. The molecule has 1 aromatic carbocycles. The molecule has 0 saturated carbocycles. The molecule has 0 aliphatic carbocycles. The van der Waals surface area contributed by atoms with Gasteiger partial charge in [-0.3, -0.25) is 0 Å². The van der Waals surface area contributed by atoms with Gasteiger partial charge in [0.05, 0.1) is 19.2 Å². The normalized spacial score (nSPS) is 11.8. The molecule has 4 heteroatoms. The Balaban J connectivity index is 3.03. The number of nitrogens with one attached hydrogen (secondary N) is 1. The number of ether oxygens (including phenoxy) is 2. The molecule has 0 fully saturated rings. The van der Waals surface area contributed by atoms with Gasteiger partial charge in [0.2, 0.25) is 0 Å². The van der Waals surface area contributed by atoms with Crippen molar-refractivity contribution in [2.75, 3.05) is 20.8 Å². The van der Waals surface area contributed by atoms with Gasteiger partial charge >= 0.3 is 0 Å². The number of benzene rings is 1. The molecule has 112 valence electrons. The molecule has 3 nitrogen and oxygen atoms in total. The van der Waals surface area contributed by atoms with Crippen molar-refractivity contribution in [3.05, 3.63) is 28.3 Å². The first-order valence-electron chi connectivity index (χ1n) is 6.86. The Morgan fingerprint density at radius 1 is 1.30 bits per heavy atom. The van der Waals surface area contributed by atoms with E-state index in [1.54, 1.807) is 14.2 Å². The molecule has 0 radical (unpaired) electrons. The van der Waals surface area contributed by atoms with Gasteiger partial charge in [-0.05, 0) is 24.1 Å². The van der Waals surface area contributed by atoms with E-state index in [-0.39, 0.29) is 0 Å². The summed E-state index contributed by atoms with van der Waals surface area (Å²) in [5, 5.41) is 3.99. The van der Waals surface area contributed by atoms with Gasteiger partial charge in [-0.25, -0.2) is 0 Å². The number of halogens is 1. The molecule has 0 atom stereocenters. The Bertz CT molecular complexity index is 470. The molecular weight excluding hydrogens is 274 g/mol. The summed E-state index contributed by atoms with van der Waals surface area (Å²) in [7, 11) is 3.20. The van der Waals surface area contributed by atoms with Crippen LogP contribution in [0.1, 0.15) is 32.8 Å². The zero-order chi connectivity index (χ0) is 15.1. The zero-order valence-electron chi connectivity index (χ0n) is 12.9. The number of methoxy groups -OCH3 is 2. The maximum Gasteiger partial charge on any atom is 0.179 e. The molecule has 0 aromatic heterocycles. The molecule has 0 aliphatic heterocycles. The van der Waals surface area contributed by atoms with Crippen molar-refractivity contribution in [2.45, 2.75) is 33.2 Å². The lowest BCUT2D eigenvalue weighted by atomic mass is 10.1. The summed E-state index contributed by atoms with van der Waals surface area (Å²) < 4.78 is 10.6. The Kier molecular flexibility index (Phi) is 6.89. The molecule has 20 heavy (non-hydrogen) atoms. The largest absolute Gasteiger partial charge is 0.493 e. The van der Waals surface area contributed by atoms with E-state index in [2.05, 4.69) is 32.2 Å². The number of hydrogen-bond donors (Lipinski definition) is 1. The van der Waals surface area contributed by atoms with E-state index in [0.29, 0.717) is 22.6 Å². The fourth-order valence-corrected chi connectivity index (χ4v) is 2.17. The van der Waals surface area contributed by atoms with Crippen molar-refractivity contribution in [3.63, 3.8) is 0 Å². The van der Waals surface area contributed by atoms with Gasteiger partial charge in [0, 0.05) is 12.6 Å². The van der Waals surface area contributed by atoms with Gasteiger partial charge in [0.25, 0.3) is 0 Å². The summed E-state index contributed by atoms with van der Waals surface area (Å²) in [6.07, 6.45) is 3.13. The van der Waals surface area contributed by atoms with Gasteiger partial charge in [-0.1, -0.05) is 44.0 Å². The van der Waals surface area contributed by atoms with Crippen molar-refractivity contribution >= 4 is 17.7 Å². The second kappa shape index (κ2) is 8.18. The Labute approximate surface area is 126 Å². The van der Waals surface area contributed by atoms with Crippen molar-refractivity contribution in [1.29, 1.82) is 0 Å². The van der Waals surface area contributed by atoms with Crippen LogP contribution in [0.25, 0.3) is 6.08 Å². The van der Waals surface area contributed by atoms with Gasteiger partial charge in [0.15, 0.2) is 11.5 Å². The minimum absolute atomic E-state index is 0.471. The van der Waals surface area contributed by atoms with Crippen LogP contribution in [0, 0.1) is 0 Å². The van der Waals surface area contributed by atoms with Crippen LogP contribution in [0.5, 0.6) is 11.5 Å². The molecule has 0 unspecified atom stereocenters. The summed E-state index contributed by atoms with van der Waals surface area (Å²) in [4.78, 5) is 0. The average Bonchev–Trinajstić information content (AvgIpc) is 2.42. The minimum Gasteiger partial charge on any atom is -0.493 e. The van der Waals surface area contributed by atoms with E-state index in [1.165, 1.54) is 5.57 Å². The molecule has 0 heterocycles. The molecule has 0 amide bonds. The number of hydrogen-bond acceptors (Lipinski definition) is 3. The van der Waals surface area contributed by atoms with Crippen LogP contribution < -0.4 is 14.8 Å².